The van der Waals surface area contributed by atoms with Gasteiger partial charge >= 0.3 is 0 Å². The van der Waals surface area contributed by atoms with Crippen molar-refractivity contribution in [3.05, 3.63) is 48.2 Å². The molecule has 0 atom stereocenters. The molecule has 18 heavy (non-hydrogen) atoms. The van der Waals surface area contributed by atoms with Crippen LogP contribution in [0.4, 0.5) is 20.5 Å². The molecule has 90 valence electrons. The molecular weight excluding hydrogens is 238 g/mol. The number of pyridine rings is 1. The van der Waals surface area contributed by atoms with Crippen molar-refractivity contribution in [3.63, 3.8) is 0 Å². The number of nitrogens with one attached hydrogen (secondary N) is 2. The van der Waals surface area contributed by atoms with Gasteiger partial charge in [-0.05, 0) is 12.1 Å². The molecule has 2 N–H and O–H groups in total. The highest BCUT2D eigenvalue weighted by Crippen LogP contribution is 2.17. The van der Waals surface area contributed by atoms with Gasteiger partial charge in [0.2, 0.25) is 11.9 Å². The summed E-state index contributed by atoms with van der Waals surface area (Å²) in [6, 6.07) is 9.21. The Labute approximate surface area is 101 Å². The van der Waals surface area contributed by atoms with Crippen LogP contribution >= 0.6 is 0 Å². The summed E-state index contributed by atoms with van der Waals surface area (Å²) >= 11 is 0. The second-order valence-corrected chi connectivity index (χ2v) is 3.72. The molecule has 0 unspecified atom stereocenters. The molecule has 0 radical (unpaired) electrons. The van der Waals surface area contributed by atoms with Gasteiger partial charge in [-0.15, -0.1) is 0 Å². The summed E-state index contributed by atoms with van der Waals surface area (Å²) in [4.78, 5) is 10.7. The summed E-state index contributed by atoms with van der Waals surface area (Å²) in [5.41, 5.74) is 1.59. The maximum absolute atomic E-state index is 13.0. The van der Waals surface area contributed by atoms with E-state index < -0.39 is 11.8 Å². The number of hydrogen-bond acceptors (Lipinski definition) is 3. The van der Waals surface area contributed by atoms with Crippen LogP contribution in [-0.2, 0) is 0 Å². The second-order valence-electron chi connectivity index (χ2n) is 3.72. The van der Waals surface area contributed by atoms with Crippen molar-refractivity contribution >= 4 is 22.8 Å². The van der Waals surface area contributed by atoms with Gasteiger partial charge in [-0.1, -0.05) is 12.1 Å². The standard InChI is InChI=1S/C12H8F2N4/c13-7-5-10(14)17-11(6-7)18-12-15-8-3-1-2-4-9(8)16-12/h1-6H,(H2,15,16,17,18). The average molecular weight is 246 g/mol. The average Bonchev–Trinajstić information content (AvgIpc) is 2.69. The van der Waals surface area contributed by atoms with Crippen molar-refractivity contribution in [2.45, 2.75) is 0 Å². The Morgan fingerprint density at radius 3 is 2.67 bits per heavy atom. The number of halogens is 2. The number of aromatic amines is 1. The number of benzene rings is 1. The monoisotopic (exact) mass is 246 g/mol. The van der Waals surface area contributed by atoms with Crippen LogP contribution in [0.3, 0.4) is 0 Å². The van der Waals surface area contributed by atoms with Crippen LogP contribution in [0.2, 0.25) is 0 Å². The van der Waals surface area contributed by atoms with E-state index in [0.29, 0.717) is 12.0 Å². The van der Waals surface area contributed by atoms with E-state index in [0.717, 1.165) is 17.1 Å². The predicted molar refractivity (Wildman–Crippen MR) is 63.5 cm³/mol. The highest BCUT2D eigenvalue weighted by atomic mass is 19.1. The second kappa shape index (κ2) is 4.06. The topological polar surface area (TPSA) is 53.6 Å². The molecule has 3 rings (SSSR count). The lowest BCUT2D eigenvalue weighted by molar-refractivity contribution is 0.554. The Morgan fingerprint density at radius 1 is 1.06 bits per heavy atom. The molecule has 2 heterocycles. The number of fused-ring (bicyclic) bond motifs is 1. The highest BCUT2D eigenvalue weighted by Gasteiger charge is 2.05. The summed E-state index contributed by atoms with van der Waals surface area (Å²) in [7, 11) is 0. The number of aromatic nitrogens is 3. The Balaban J connectivity index is 1.96. The van der Waals surface area contributed by atoms with E-state index in [2.05, 4.69) is 20.3 Å². The molecule has 2 aromatic heterocycles. The van der Waals surface area contributed by atoms with Crippen molar-refractivity contribution in [2.75, 3.05) is 5.32 Å². The third-order valence-electron chi connectivity index (χ3n) is 2.39. The number of anilines is 2. The van der Waals surface area contributed by atoms with E-state index in [1.165, 1.54) is 0 Å². The minimum Gasteiger partial charge on any atom is -0.324 e. The highest BCUT2D eigenvalue weighted by molar-refractivity contribution is 5.77. The SMILES string of the molecule is Fc1cc(F)nc(Nc2nc3ccccc3[nH]2)c1. The van der Waals surface area contributed by atoms with Gasteiger partial charge in [0.1, 0.15) is 11.6 Å². The third-order valence-corrected chi connectivity index (χ3v) is 2.39. The maximum atomic E-state index is 13.0. The van der Waals surface area contributed by atoms with E-state index in [1.54, 1.807) is 0 Å². The number of para-hydroxylation sites is 2. The Kier molecular flexibility index (Phi) is 2.40. The summed E-state index contributed by atoms with van der Waals surface area (Å²) in [6.45, 7) is 0. The fourth-order valence-electron chi connectivity index (χ4n) is 1.66. The molecule has 1 aromatic carbocycles. The van der Waals surface area contributed by atoms with E-state index >= 15 is 0 Å². The van der Waals surface area contributed by atoms with Gasteiger partial charge in [-0.25, -0.2) is 14.4 Å². The van der Waals surface area contributed by atoms with Crippen molar-refractivity contribution in [1.82, 2.24) is 15.0 Å². The predicted octanol–water partition coefficient (Wildman–Crippen LogP) is 2.98. The van der Waals surface area contributed by atoms with Crippen LogP contribution < -0.4 is 5.32 Å². The molecule has 0 aliphatic heterocycles. The van der Waals surface area contributed by atoms with Gasteiger partial charge < -0.3 is 10.3 Å². The first-order valence-electron chi connectivity index (χ1n) is 5.25. The van der Waals surface area contributed by atoms with Crippen LogP contribution in [0.1, 0.15) is 0 Å². The van der Waals surface area contributed by atoms with Crippen LogP contribution in [0.25, 0.3) is 11.0 Å². The summed E-state index contributed by atoms with van der Waals surface area (Å²) < 4.78 is 25.9. The van der Waals surface area contributed by atoms with Gasteiger partial charge in [-0.2, -0.15) is 4.39 Å². The fourth-order valence-corrected chi connectivity index (χ4v) is 1.66. The Morgan fingerprint density at radius 2 is 1.89 bits per heavy atom. The number of hydrogen-bond donors (Lipinski definition) is 2. The first-order valence-corrected chi connectivity index (χ1v) is 5.25. The van der Waals surface area contributed by atoms with Gasteiger partial charge in [0, 0.05) is 12.1 Å². The molecule has 0 fully saturated rings. The molecule has 0 amide bonds. The zero-order valence-corrected chi connectivity index (χ0v) is 9.11. The molecule has 0 saturated carbocycles. The Hall–Kier alpha value is -2.50. The van der Waals surface area contributed by atoms with Crippen molar-refractivity contribution < 1.29 is 8.78 Å². The molecule has 0 aliphatic rings. The Bertz CT molecular complexity index is 655. The molecule has 6 heteroatoms. The lowest BCUT2D eigenvalue weighted by Crippen LogP contribution is -1.98. The van der Waals surface area contributed by atoms with Crippen LogP contribution in [-0.4, -0.2) is 15.0 Å². The van der Waals surface area contributed by atoms with Gasteiger partial charge in [0.25, 0.3) is 0 Å². The van der Waals surface area contributed by atoms with E-state index in [4.69, 9.17) is 0 Å². The third kappa shape index (κ3) is 2.00. The number of imidazole rings is 1. The lowest BCUT2D eigenvalue weighted by Gasteiger charge is -2.01. The molecule has 0 saturated heterocycles. The summed E-state index contributed by atoms with van der Waals surface area (Å²) in [5.74, 6) is -1.13. The van der Waals surface area contributed by atoms with Crippen molar-refractivity contribution in [1.29, 1.82) is 0 Å². The molecule has 0 aliphatic carbocycles. The minimum atomic E-state index is -0.881. The quantitative estimate of drug-likeness (QED) is 0.683. The fraction of sp³-hybridized carbons (Fsp3) is 0. The number of H-pyrrole nitrogens is 1. The van der Waals surface area contributed by atoms with Gasteiger partial charge in [0.15, 0.2) is 0 Å². The number of nitrogens with zero attached hydrogens (tertiary/aromatic N) is 2. The van der Waals surface area contributed by atoms with Gasteiger partial charge in [-0.3, -0.25) is 0 Å². The van der Waals surface area contributed by atoms with Crippen molar-refractivity contribution in [2.24, 2.45) is 0 Å². The van der Waals surface area contributed by atoms with E-state index in [1.807, 2.05) is 24.3 Å². The zero-order valence-electron chi connectivity index (χ0n) is 9.11. The first-order chi connectivity index (χ1) is 8.70. The smallest absolute Gasteiger partial charge is 0.217 e. The van der Waals surface area contributed by atoms with E-state index in [9.17, 15) is 8.78 Å². The maximum Gasteiger partial charge on any atom is 0.217 e. The normalized spacial score (nSPS) is 10.8. The zero-order chi connectivity index (χ0) is 12.5. The molecule has 0 bridgehead atoms. The van der Waals surface area contributed by atoms with Gasteiger partial charge in [0.05, 0.1) is 11.0 Å². The first kappa shape index (κ1) is 10.6. The summed E-state index contributed by atoms with van der Waals surface area (Å²) in [6.07, 6.45) is 0. The largest absolute Gasteiger partial charge is 0.324 e. The molecular formula is C12H8F2N4. The lowest BCUT2D eigenvalue weighted by atomic mass is 10.3. The van der Waals surface area contributed by atoms with Crippen molar-refractivity contribution in [3.8, 4) is 0 Å². The molecule has 0 spiro atoms. The minimum absolute atomic E-state index is 0.0616. The summed E-state index contributed by atoms with van der Waals surface area (Å²) in [5, 5.41) is 2.72. The van der Waals surface area contributed by atoms with Crippen LogP contribution in [0.5, 0.6) is 0 Å². The van der Waals surface area contributed by atoms with E-state index in [-0.39, 0.29) is 5.82 Å². The molecule has 3 aromatic rings. The molecule has 4 nitrogen and oxygen atoms in total. The van der Waals surface area contributed by atoms with Crippen LogP contribution in [0.15, 0.2) is 36.4 Å². The number of rotatable bonds is 2. The van der Waals surface area contributed by atoms with Crippen LogP contribution in [0, 0.1) is 11.8 Å².